The maximum Gasteiger partial charge on any atom is 0.314 e. The van der Waals surface area contributed by atoms with Crippen molar-refractivity contribution in [1.29, 1.82) is 0 Å². The van der Waals surface area contributed by atoms with E-state index < -0.39 is 88.1 Å². The maximum atomic E-state index is 12.1. The lowest BCUT2D eigenvalue weighted by molar-refractivity contribution is 0.206. The van der Waals surface area contributed by atoms with E-state index in [0.717, 1.165) is 13.1 Å². The first-order valence-corrected chi connectivity index (χ1v) is 8.55. The monoisotopic (exact) mass is 410 g/mol. The fourth-order valence-electron chi connectivity index (χ4n) is 2.24. The molecule has 1 aromatic rings. The van der Waals surface area contributed by atoms with Crippen molar-refractivity contribution >= 4 is 23.3 Å². The van der Waals surface area contributed by atoms with Crippen LogP contribution in [0.4, 0.5) is 10.5 Å². The molecule has 2 fully saturated rings. The number of piperazine rings is 1. The first-order chi connectivity index (χ1) is 19.8. The minimum Gasteiger partial charge on any atom is -0.368 e. The van der Waals surface area contributed by atoms with Gasteiger partial charge in [0.2, 0.25) is 0 Å². The number of nitrogens with one attached hydrogen (secondary N) is 2. The van der Waals surface area contributed by atoms with E-state index in [1.807, 2.05) is 5.32 Å². The zero-order valence-electron chi connectivity index (χ0n) is 32.8. The number of halogens is 1. The van der Waals surface area contributed by atoms with E-state index in [2.05, 4.69) is 0 Å². The number of urea groups is 1. The SMILES string of the molecule is [2H]C1([2H])N(CC[C@]2([2H])C([2H])([2H])C([2H])([2H])[C@@]([2H])(NC(=O)NC)C([2H])([2H])C2([2H])[2H])C([2H])([2H])C([2H])([2H])N(c2cccc(C)c2Cl)C1([2H])[2H]. The molecule has 0 atom stereocenters. The van der Waals surface area contributed by atoms with Crippen LogP contribution in [0.15, 0.2) is 18.2 Å². The summed E-state index contributed by atoms with van der Waals surface area (Å²) < 4.78 is 155. The van der Waals surface area contributed by atoms with E-state index in [9.17, 15) is 4.79 Å². The van der Waals surface area contributed by atoms with Gasteiger partial charge in [0.1, 0.15) is 0 Å². The molecule has 1 heterocycles. The summed E-state index contributed by atoms with van der Waals surface area (Å²) in [5.74, 6) is -3.61. The molecule has 5 nitrogen and oxygen atoms in total. The molecule has 27 heavy (non-hydrogen) atoms. The van der Waals surface area contributed by atoms with Crippen molar-refractivity contribution in [2.24, 2.45) is 5.89 Å². The zero-order chi connectivity index (χ0) is 35.4. The lowest BCUT2D eigenvalue weighted by Gasteiger charge is -2.37. The smallest absolute Gasteiger partial charge is 0.314 e. The second-order valence-electron chi connectivity index (χ2n) is 5.65. The summed E-state index contributed by atoms with van der Waals surface area (Å²) >= 11 is 6.31. The number of anilines is 1. The van der Waals surface area contributed by atoms with Crippen molar-refractivity contribution in [3.8, 4) is 0 Å². The Labute approximate surface area is 193 Å². The normalized spacial score (nSPS) is 54.1. The quantitative estimate of drug-likeness (QED) is 0.778. The highest BCUT2D eigenvalue weighted by atomic mass is 35.5. The Morgan fingerprint density at radius 3 is 2.63 bits per heavy atom. The number of nitrogens with zero attached hydrogens (tertiary/aromatic N) is 2. The zero-order valence-corrected chi connectivity index (χ0v) is 15.6. The fourth-order valence-corrected chi connectivity index (χ4v) is 2.45. The van der Waals surface area contributed by atoms with Crippen LogP contribution in [0.2, 0.25) is 5.02 Å². The third-order valence-corrected chi connectivity index (χ3v) is 4.23. The predicted octanol–water partition coefficient (Wildman–Crippen LogP) is 3.65. The van der Waals surface area contributed by atoms with Crippen molar-refractivity contribution in [1.82, 2.24) is 15.5 Å². The van der Waals surface area contributed by atoms with Crippen LogP contribution in [0.5, 0.6) is 0 Å². The first-order valence-electron chi connectivity index (χ1n) is 17.2. The molecule has 150 valence electrons. The van der Waals surface area contributed by atoms with Crippen molar-refractivity contribution in [2.45, 2.75) is 44.9 Å². The van der Waals surface area contributed by atoms with Gasteiger partial charge >= 0.3 is 6.03 Å². The number of benzene rings is 1. The minimum absolute atomic E-state index is 0.0148. The van der Waals surface area contributed by atoms with Gasteiger partial charge in [-0.1, -0.05) is 23.7 Å². The van der Waals surface area contributed by atoms with Crippen LogP contribution in [-0.2, 0) is 0 Å². The molecule has 1 aromatic carbocycles. The molecule has 2 aliphatic rings. The second kappa shape index (κ2) is 9.65. The molecular weight excluding hydrogens is 360 g/mol. The van der Waals surface area contributed by atoms with Gasteiger partial charge in [-0.15, -0.1) is 0 Å². The summed E-state index contributed by atoms with van der Waals surface area (Å²) in [5.41, 5.74) is -0.0603. The van der Waals surface area contributed by atoms with Gasteiger partial charge in [-0.05, 0) is 62.9 Å². The van der Waals surface area contributed by atoms with Crippen LogP contribution >= 0.6 is 11.6 Å². The van der Waals surface area contributed by atoms with Gasteiger partial charge in [0.15, 0.2) is 0 Å². The Morgan fingerprint density at radius 2 is 1.96 bits per heavy atom. The third-order valence-electron chi connectivity index (χ3n) is 3.73. The largest absolute Gasteiger partial charge is 0.368 e. The number of hydrogen-bond acceptors (Lipinski definition) is 3. The van der Waals surface area contributed by atoms with E-state index >= 15 is 0 Å². The number of amides is 2. The van der Waals surface area contributed by atoms with E-state index in [0.29, 0.717) is 5.56 Å². The lowest BCUT2D eigenvalue weighted by Crippen LogP contribution is -2.47. The Balaban J connectivity index is 2.19. The molecule has 1 aliphatic carbocycles. The predicted molar refractivity (Wildman–Crippen MR) is 113 cm³/mol. The summed E-state index contributed by atoms with van der Waals surface area (Å²) in [6, 6.07) is -1.03. The van der Waals surface area contributed by atoms with Crippen molar-refractivity contribution in [3.05, 3.63) is 28.8 Å². The van der Waals surface area contributed by atoms with Crippen LogP contribution in [0.1, 0.15) is 62.1 Å². The van der Waals surface area contributed by atoms with Crippen molar-refractivity contribution in [3.63, 3.8) is 0 Å². The average Bonchev–Trinajstić information content (AvgIpc) is 2.88. The second-order valence-corrected chi connectivity index (χ2v) is 6.03. The number of hydrogen-bond donors (Lipinski definition) is 2. The van der Waals surface area contributed by atoms with E-state index in [1.165, 1.54) is 19.1 Å². The summed E-state index contributed by atoms with van der Waals surface area (Å²) in [7, 11) is 1.02. The maximum absolute atomic E-state index is 12.1. The average molecular weight is 411 g/mol. The van der Waals surface area contributed by atoms with Crippen LogP contribution in [0.25, 0.3) is 0 Å². The minimum atomic E-state index is -3.87. The van der Waals surface area contributed by atoms with Gasteiger partial charge in [0, 0.05) is 56.9 Å². The lowest BCUT2D eigenvalue weighted by atomic mass is 9.84. The molecule has 1 saturated heterocycles. The van der Waals surface area contributed by atoms with E-state index in [4.69, 9.17) is 36.3 Å². The van der Waals surface area contributed by atoms with Crippen molar-refractivity contribution in [2.75, 3.05) is 44.5 Å². The van der Waals surface area contributed by atoms with E-state index in [-0.39, 0.29) is 14.8 Å². The van der Waals surface area contributed by atoms with E-state index in [1.54, 1.807) is 5.32 Å². The Hall–Kier alpha value is -1.46. The molecule has 2 N–H and O–H groups in total. The highest BCUT2D eigenvalue weighted by Gasteiger charge is 2.24. The standard InChI is InChI=1S/C21H33ClN4O/c1-16-4-3-5-19(20(16)22)26-14-12-25(13-15-26)11-10-17-6-8-18(9-7-17)24-21(27)23-2/h3-5,17-18H,6-15H2,1-2H3,(H2,23,24,27)/t17-,18-/i6D2,7D2,8D2,9D2,12D2,13D2,14D2,15D2,17D,18D. The Bertz CT molecular complexity index is 1300. The molecular formula is C21H33ClN4O. The molecule has 3 rings (SSSR count). The summed E-state index contributed by atoms with van der Waals surface area (Å²) in [5, 5.41) is 3.36. The summed E-state index contributed by atoms with van der Waals surface area (Å²) in [6.45, 7) is -13.8. The molecule has 1 aliphatic heterocycles. The van der Waals surface area contributed by atoms with Crippen LogP contribution in [-0.4, -0.2) is 56.5 Å². The first kappa shape index (κ1) is 7.42. The van der Waals surface area contributed by atoms with Crippen LogP contribution in [0, 0.1) is 12.8 Å². The number of carbonyl (C=O) groups is 1. The van der Waals surface area contributed by atoms with Gasteiger partial charge in [-0.2, -0.15) is 0 Å². The Morgan fingerprint density at radius 1 is 1.26 bits per heavy atom. The molecule has 0 aromatic heterocycles. The van der Waals surface area contributed by atoms with Gasteiger partial charge in [0.25, 0.3) is 0 Å². The highest BCUT2D eigenvalue weighted by Crippen LogP contribution is 2.30. The van der Waals surface area contributed by atoms with Crippen LogP contribution in [0.3, 0.4) is 0 Å². The molecule has 2 amide bonds. The third kappa shape index (κ3) is 5.52. The Kier molecular flexibility index (Phi) is 2.65. The van der Waals surface area contributed by atoms with Gasteiger partial charge in [0.05, 0.1) is 17.6 Å². The van der Waals surface area contributed by atoms with Gasteiger partial charge in [-0.3, -0.25) is 4.90 Å². The van der Waals surface area contributed by atoms with Crippen LogP contribution < -0.4 is 15.5 Å². The van der Waals surface area contributed by atoms with Crippen molar-refractivity contribution < 1.29 is 29.5 Å². The summed E-state index contributed by atoms with van der Waals surface area (Å²) in [4.78, 5) is 12.2. The van der Waals surface area contributed by atoms with Gasteiger partial charge < -0.3 is 15.5 Å². The molecule has 0 unspecified atom stereocenters. The number of carbonyl (C=O) groups excluding carboxylic acids is 1. The molecule has 6 heteroatoms. The molecule has 0 bridgehead atoms. The fraction of sp³-hybridized carbons (Fsp3) is 0.667. The topological polar surface area (TPSA) is 47.6 Å². The molecule has 1 saturated carbocycles. The number of rotatable bonds is 5. The molecule has 0 radical (unpaired) electrons. The van der Waals surface area contributed by atoms with Gasteiger partial charge in [-0.25, -0.2) is 4.79 Å². The highest BCUT2D eigenvalue weighted by molar-refractivity contribution is 6.34. The molecule has 0 spiro atoms. The summed E-state index contributed by atoms with van der Waals surface area (Å²) in [6.07, 6.45) is -16.9. The number of aryl methyl sites for hydroxylation is 1.